The van der Waals surface area contributed by atoms with Gasteiger partial charge >= 0.3 is 5.97 Å². The first kappa shape index (κ1) is 13.6. The van der Waals surface area contributed by atoms with Crippen LogP contribution in [0.15, 0.2) is 12.3 Å². The van der Waals surface area contributed by atoms with Gasteiger partial charge in [-0.25, -0.2) is 9.78 Å². The molecular formula is C13H19N3O3. The SMILES string of the molecule is CC(O)CC1CCCN1c1cnc(N)cc1C(=O)O. The van der Waals surface area contributed by atoms with E-state index in [2.05, 4.69) is 4.98 Å². The van der Waals surface area contributed by atoms with Gasteiger partial charge in [0, 0.05) is 12.6 Å². The van der Waals surface area contributed by atoms with E-state index in [4.69, 9.17) is 5.73 Å². The highest BCUT2D eigenvalue weighted by molar-refractivity contribution is 5.95. The molecule has 1 aliphatic rings. The van der Waals surface area contributed by atoms with Crippen molar-refractivity contribution >= 4 is 17.5 Å². The summed E-state index contributed by atoms with van der Waals surface area (Å²) < 4.78 is 0. The first-order valence-electron chi connectivity index (χ1n) is 6.42. The molecule has 0 aromatic carbocycles. The Labute approximate surface area is 111 Å². The molecule has 2 rings (SSSR count). The highest BCUT2D eigenvalue weighted by atomic mass is 16.4. The van der Waals surface area contributed by atoms with Crippen molar-refractivity contribution in [1.82, 2.24) is 4.98 Å². The number of aromatic carboxylic acids is 1. The minimum atomic E-state index is -1.01. The molecule has 0 aliphatic carbocycles. The van der Waals surface area contributed by atoms with Crippen LogP contribution in [0, 0.1) is 0 Å². The minimum absolute atomic E-state index is 0.156. The van der Waals surface area contributed by atoms with Gasteiger partial charge in [0.1, 0.15) is 5.82 Å². The quantitative estimate of drug-likeness (QED) is 0.754. The van der Waals surface area contributed by atoms with Crippen LogP contribution in [0.25, 0.3) is 0 Å². The molecule has 6 heteroatoms. The van der Waals surface area contributed by atoms with Gasteiger partial charge in [-0.2, -0.15) is 0 Å². The predicted octanol–water partition coefficient (Wildman–Crippen LogP) is 1.10. The Kier molecular flexibility index (Phi) is 3.90. The standard InChI is InChI=1S/C13H19N3O3/c1-8(17)5-9-3-2-4-16(9)11-7-15-12(14)6-10(11)13(18)19/h6-9,17H,2-5H2,1H3,(H2,14,15)(H,18,19). The highest BCUT2D eigenvalue weighted by Gasteiger charge is 2.29. The monoisotopic (exact) mass is 265 g/mol. The Hall–Kier alpha value is -1.82. The van der Waals surface area contributed by atoms with E-state index in [-0.39, 0.29) is 17.4 Å². The zero-order valence-electron chi connectivity index (χ0n) is 10.9. The lowest BCUT2D eigenvalue weighted by Crippen LogP contribution is -2.33. The van der Waals surface area contributed by atoms with Gasteiger partial charge < -0.3 is 20.8 Å². The van der Waals surface area contributed by atoms with Crippen LogP contribution in [-0.4, -0.2) is 39.9 Å². The van der Waals surface area contributed by atoms with Crippen LogP contribution in [-0.2, 0) is 0 Å². The minimum Gasteiger partial charge on any atom is -0.478 e. The molecule has 2 unspecified atom stereocenters. The Morgan fingerprint density at radius 2 is 2.42 bits per heavy atom. The molecule has 1 aliphatic heterocycles. The zero-order valence-corrected chi connectivity index (χ0v) is 10.9. The second kappa shape index (κ2) is 5.44. The Balaban J connectivity index is 2.32. The molecule has 1 aromatic rings. The Morgan fingerprint density at radius 1 is 1.68 bits per heavy atom. The second-order valence-corrected chi connectivity index (χ2v) is 5.01. The number of carbonyl (C=O) groups is 1. The van der Waals surface area contributed by atoms with E-state index >= 15 is 0 Å². The average molecular weight is 265 g/mol. The number of nitrogens with zero attached hydrogens (tertiary/aromatic N) is 2. The van der Waals surface area contributed by atoms with Gasteiger partial charge in [0.25, 0.3) is 0 Å². The number of carboxylic acids is 1. The summed E-state index contributed by atoms with van der Waals surface area (Å²) in [7, 11) is 0. The number of aliphatic hydroxyl groups is 1. The predicted molar refractivity (Wildman–Crippen MR) is 72.3 cm³/mol. The third kappa shape index (κ3) is 2.96. The van der Waals surface area contributed by atoms with Crippen LogP contribution < -0.4 is 10.6 Å². The van der Waals surface area contributed by atoms with Gasteiger partial charge in [-0.15, -0.1) is 0 Å². The third-order valence-electron chi connectivity index (χ3n) is 3.43. The maximum atomic E-state index is 11.3. The van der Waals surface area contributed by atoms with Gasteiger partial charge in [0.2, 0.25) is 0 Å². The maximum Gasteiger partial charge on any atom is 0.338 e. The van der Waals surface area contributed by atoms with Crippen molar-refractivity contribution in [3.63, 3.8) is 0 Å². The van der Waals surface area contributed by atoms with Gasteiger partial charge in [-0.05, 0) is 32.3 Å². The number of aromatic nitrogens is 1. The number of nitrogen functional groups attached to an aromatic ring is 1. The molecule has 1 aromatic heterocycles. The second-order valence-electron chi connectivity index (χ2n) is 5.01. The van der Waals surface area contributed by atoms with Crippen molar-refractivity contribution in [2.75, 3.05) is 17.2 Å². The lowest BCUT2D eigenvalue weighted by Gasteiger charge is -2.28. The number of aliphatic hydroxyl groups excluding tert-OH is 1. The zero-order chi connectivity index (χ0) is 14.0. The van der Waals surface area contributed by atoms with Gasteiger partial charge in [0.15, 0.2) is 0 Å². The van der Waals surface area contributed by atoms with Crippen molar-refractivity contribution in [2.24, 2.45) is 0 Å². The molecule has 0 spiro atoms. The molecule has 0 amide bonds. The van der Waals surface area contributed by atoms with E-state index in [1.807, 2.05) is 4.90 Å². The fourth-order valence-electron chi connectivity index (χ4n) is 2.66. The topological polar surface area (TPSA) is 99.7 Å². The number of hydrogen-bond acceptors (Lipinski definition) is 5. The largest absolute Gasteiger partial charge is 0.478 e. The van der Waals surface area contributed by atoms with Crippen molar-refractivity contribution in [3.05, 3.63) is 17.8 Å². The molecule has 1 saturated heterocycles. The number of pyridine rings is 1. The maximum absolute atomic E-state index is 11.3. The summed E-state index contributed by atoms with van der Waals surface area (Å²) in [4.78, 5) is 17.3. The van der Waals surface area contributed by atoms with Gasteiger partial charge in [0.05, 0.1) is 23.6 Å². The van der Waals surface area contributed by atoms with E-state index < -0.39 is 12.1 Å². The number of nitrogens with two attached hydrogens (primary N) is 1. The number of hydrogen-bond donors (Lipinski definition) is 3. The van der Waals surface area contributed by atoms with Crippen molar-refractivity contribution in [2.45, 2.75) is 38.3 Å². The van der Waals surface area contributed by atoms with E-state index in [9.17, 15) is 15.0 Å². The lowest BCUT2D eigenvalue weighted by atomic mass is 10.1. The van der Waals surface area contributed by atoms with E-state index in [0.29, 0.717) is 12.1 Å². The molecule has 2 heterocycles. The molecule has 2 atom stereocenters. The molecule has 104 valence electrons. The first-order valence-corrected chi connectivity index (χ1v) is 6.42. The molecular weight excluding hydrogens is 246 g/mol. The van der Waals surface area contributed by atoms with Crippen LogP contribution >= 0.6 is 0 Å². The average Bonchev–Trinajstić information content (AvgIpc) is 2.76. The van der Waals surface area contributed by atoms with Crippen LogP contribution in [0.1, 0.15) is 36.5 Å². The summed E-state index contributed by atoms with van der Waals surface area (Å²) in [5, 5.41) is 18.8. The number of rotatable bonds is 4. The van der Waals surface area contributed by atoms with Crippen LogP contribution in [0.3, 0.4) is 0 Å². The van der Waals surface area contributed by atoms with Gasteiger partial charge in [-0.1, -0.05) is 0 Å². The molecule has 0 saturated carbocycles. The normalized spacial score (nSPS) is 20.5. The lowest BCUT2D eigenvalue weighted by molar-refractivity contribution is 0.0697. The molecule has 0 bridgehead atoms. The van der Waals surface area contributed by atoms with E-state index in [0.717, 1.165) is 19.4 Å². The van der Waals surface area contributed by atoms with Crippen LogP contribution in [0.4, 0.5) is 11.5 Å². The first-order chi connectivity index (χ1) is 8.99. The van der Waals surface area contributed by atoms with Crippen LogP contribution in [0.5, 0.6) is 0 Å². The van der Waals surface area contributed by atoms with Gasteiger partial charge in [-0.3, -0.25) is 0 Å². The van der Waals surface area contributed by atoms with Crippen molar-refractivity contribution in [1.29, 1.82) is 0 Å². The summed E-state index contributed by atoms with van der Waals surface area (Å²) in [6.07, 6.45) is 3.68. The summed E-state index contributed by atoms with van der Waals surface area (Å²) in [5.74, 6) is -0.806. The fraction of sp³-hybridized carbons (Fsp3) is 0.538. The molecule has 1 fully saturated rings. The summed E-state index contributed by atoms with van der Waals surface area (Å²) >= 11 is 0. The number of carboxylic acid groups (broad SMARTS) is 1. The fourth-order valence-corrected chi connectivity index (χ4v) is 2.66. The summed E-state index contributed by atoms with van der Waals surface area (Å²) in [6.45, 7) is 2.53. The molecule has 0 radical (unpaired) electrons. The Bertz CT molecular complexity index is 476. The molecule has 4 N–H and O–H groups in total. The highest BCUT2D eigenvalue weighted by Crippen LogP contribution is 2.31. The Morgan fingerprint density at radius 3 is 3.05 bits per heavy atom. The smallest absolute Gasteiger partial charge is 0.338 e. The molecule has 19 heavy (non-hydrogen) atoms. The molecule has 6 nitrogen and oxygen atoms in total. The van der Waals surface area contributed by atoms with Crippen molar-refractivity contribution < 1.29 is 15.0 Å². The van der Waals surface area contributed by atoms with E-state index in [1.54, 1.807) is 6.92 Å². The third-order valence-corrected chi connectivity index (χ3v) is 3.43. The number of anilines is 2. The van der Waals surface area contributed by atoms with E-state index in [1.165, 1.54) is 12.3 Å². The van der Waals surface area contributed by atoms with Crippen LogP contribution in [0.2, 0.25) is 0 Å². The van der Waals surface area contributed by atoms with Crippen molar-refractivity contribution in [3.8, 4) is 0 Å². The summed E-state index contributed by atoms with van der Waals surface area (Å²) in [5.41, 5.74) is 6.31. The summed E-state index contributed by atoms with van der Waals surface area (Å²) in [6, 6.07) is 1.54.